The molecule has 0 amide bonds. The molecule has 0 saturated carbocycles. The first kappa shape index (κ1) is 15.1. The van der Waals surface area contributed by atoms with Crippen LogP contribution in [0, 0.1) is 0 Å². The van der Waals surface area contributed by atoms with Crippen LogP contribution in [0.3, 0.4) is 0 Å². The number of rotatable bonds is 5. The lowest BCUT2D eigenvalue weighted by atomic mass is 10.0. The van der Waals surface area contributed by atoms with Crippen LogP contribution in [0.1, 0.15) is 18.6 Å². The van der Waals surface area contributed by atoms with Gasteiger partial charge in [0.25, 0.3) is 0 Å². The van der Waals surface area contributed by atoms with E-state index < -0.39 is 6.10 Å². The minimum atomic E-state index is -0.727. The molecule has 5 nitrogen and oxygen atoms in total. The number of methoxy groups -OCH3 is 2. The zero-order chi connectivity index (χ0) is 14.5. The summed E-state index contributed by atoms with van der Waals surface area (Å²) in [6.45, 7) is 5.34. The predicted molar refractivity (Wildman–Crippen MR) is 76.4 cm³/mol. The molecule has 2 rings (SSSR count). The van der Waals surface area contributed by atoms with Gasteiger partial charge in [-0.3, -0.25) is 4.90 Å². The van der Waals surface area contributed by atoms with Gasteiger partial charge in [-0.1, -0.05) is 6.92 Å². The summed E-state index contributed by atoms with van der Waals surface area (Å²) < 4.78 is 16.3. The highest BCUT2D eigenvalue weighted by Gasteiger charge is 2.29. The van der Waals surface area contributed by atoms with Gasteiger partial charge in [0.15, 0.2) is 0 Å². The lowest BCUT2D eigenvalue weighted by Crippen LogP contribution is -2.44. The highest BCUT2D eigenvalue weighted by atomic mass is 16.5. The van der Waals surface area contributed by atoms with E-state index in [9.17, 15) is 5.11 Å². The molecule has 0 radical (unpaired) electrons. The van der Waals surface area contributed by atoms with Gasteiger partial charge in [-0.2, -0.15) is 0 Å². The van der Waals surface area contributed by atoms with Crippen LogP contribution in [-0.4, -0.2) is 56.6 Å². The first-order valence-electron chi connectivity index (χ1n) is 6.93. The average Bonchev–Trinajstić information content (AvgIpc) is 2.53. The maximum atomic E-state index is 10.6. The van der Waals surface area contributed by atoms with Gasteiger partial charge in [-0.05, 0) is 24.7 Å². The van der Waals surface area contributed by atoms with Gasteiger partial charge in [0, 0.05) is 18.7 Å². The quantitative estimate of drug-likeness (QED) is 0.885. The third kappa shape index (κ3) is 3.23. The molecule has 1 aliphatic heterocycles. The summed E-state index contributed by atoms with van der Waals surface area (Å²) in [6, 6.07) is 5.42. The van der Waals surface area contributed by atoms with Gasteiger partial charge >= 0.3 is 0 Å². The lowest BCUT2D eigenvalue weighted by Gasteiger charge is -2.35. The van der Waals surface area contributed by atoms with Crippen molar-refractivity contribution >= 4 is 0 Å². The molecular weight excluding hydrogens is 258 g/mol. The van der Waals surface area contributed by atoms with Crippen molar-refractivity contribution in [2.45, 2.75) is 19.1 Å². The Morgan fingerprint density at radius 1 is 1.40 bits per heavy atom. The zero-order valence-electron chi connectivity index (χ0n) is 12.3. The van der Waals surface area contributed by atoms with Gasteiger partial charge < -0.3 is 19.3 Å². The van der Waals surface area contributed by atoms with E-state index in [0.717, 1.165) is 19.6 Å². The van der Waals surface area contributed by atoms with E-state index in [1.807, 2.05) is 6.07 Å². The van der Waals surface area contributed by atoms with Crippen molar-refractivity contribution in [2.24, 2.45) is 0 Å². The molecule has 20 heavy (non-hydrogen) atoms. The average molecular weight is 281 g/mol. The third-order valence-corrected chi connectivity index (χ3v) is 3.73. The molecular formula is C15H23NO4. The molecule has 1 aliphatic rings. The highest BCUT2D eigenvalue weighted by molar-refractivity contribution is 5.42. The van der Waals surface area contributed by atoms with E-state index in [-0.39, 0.29) is 6.10 Å². The van der Waals surface area contributed by atoms with Crippen LogP contribution in [0.5, 0.6) is 11.5 Å². The topological polar surface area (TPSA) is 51.2 Å². The molecule has 2 unspecified atom stereocenters. The van der Waals surface area contributed by atoms with Gasteiger partial charge in [-0.25, -0.2) is 0 Å². The Bertz CT molecular complexity index is 438. The largest absolute Gasteiger partial charge is 0.497 e. The molecule has 0 bridgehead atoms. The van der Waals surface area contributed by atoms with Gasteiger partial charge in [-0.15, -0.1) is 0 Å². The smallest absolute Gasteiger partial charge is 0.125 e. The summed E-state index contributed by atoms with van der Waals surface area (Å²) in [4.78, 5) is 2.27. The summed E-state index contributed by atoms with van der Waals surface area (Å²) in [6.07, 6.45) is -0.973. The lowest BCUT2D eigenvalue weighted by molar-refractivity contribution is -0.0893. The SMILES string of the molecule is CCN1CCOC(C(O)c2cc(OC)ccc2OC)C1. The Morgan fingerprint density at radius 2 is 2.20 bits per heavy atom. The number of likely N-dealkylation sites (N-methyl/N-ethyl adjacent to an activating group) is 1. The first-order chi connectivity index (χ1) is 9.69. The molecule has 0 aromatic heterocycles. The second-order valence-electron chi connectivity index (χ2n) is 4.86. The number of aliphatic hydroxyl groups excluding tert-OH is 1. The Hall–Kier alpha value is -1.30. The summed E-state index contributed by atoms with van der Waals surface area (Å²) in [7, 11) is 3.20. The molecule has 1 heterocycles. The zero-order valence-corrected chi connectivity index (χ0v) is 12.3. The van der Waals surface area contributed by atoms with Crippen LogP contribution in [0.15, 0.2) is 18.2 Å². The van der Waals surface area contributed by atoms with Crippen LogP contribution in [0.4, 0.5) is 0 Å². The summed E-state index contributed by atoms with van der Waals surface area (Å²) >= 11 is 0. The van der Waals surface area contributed by atoms with E-state index in [2.05, 4.69) is 11.8 Å². The number of morpholine rings is 1. The first-order valence-corrected chi connectivity index (χ1v) is 6.93. The summed E-state index contributed by atoms with van der Waals surface area (Å²) in [5.74, 6) is 1.35. The molecule has 1 N–H and O–H groups in total. The number of ether oxygens (including phenoxy) is 3. The van der Waals surface area contributed by atoms with Crippen LogP contribution in [-0.2, 0) is 4.74 Å². The third-order valence-electron chi connectivity index (χ3n) is 3.73. The van der Waals surface area contributed by atoms with E-state index in [0.29, 0.717) is 23.7 Å². The number of hydrogen-bond acceptors (Lipinski definition) is 5. The molecule has 2 atom stereocenters. The van der Waals surface area contributed by atoms with E-state index in [1.165, 1.54) is 0 Å². The van der Waals surface area contributed by atoms with Gasteiger partial charge in [0.1, 0.15) is 23.7 Å². The molecule has 1 saturated heterocycles. The minimum absolute atomic E-state index is 0.246. The maximum absolute atomic E-state index is 10.6. The maximum Gasteiger partial charge on any atom is 0.125 e. The second kappa shape index (κ2) is 6.92. The standard InChI is InChI=1S/C15H23NO4/c1-4-16-7-8-20-14(10-16)15(17)12-9-11(18-2)5-6-13(12)19-3/h5-6,9,14-15,17H,4,7-8,10H2,1-3H3. The number of benzene rings is 1. The van der Waals surface area contributed by atoms with Crippen molar-refractivity contribution in [1.29, 1.82) is 0 Å². The summed E-state index contributed by atoms with van der Waals surface area (Å²) in [5, 5.41) is 10.6. The van der Waals surface area contributed by atoms with Gasteiger partial charge in [0.2, 0.25) is 0 Å². The molecule has 0 spiro atoms. The van der Waals surface area contributed by atoms with Crippen molar-refractivity contribution in [2.75, 3.05) is 40.5 Å². The normalized spacial score (nSPS) is 21.5. The van der Waals surface area contributed by atoms with E-state index >= 15 is 0 Å². The second-order valence-corrected chi connectivity index (χ2v) is 4.86. The molecule has 1 aromatic rings. The molecule has 1 aromatic carbocycles. The minimum Gasteiger partial charge on any atom is -0.497 e. The summed E-state index contributed by atoms with van der Waals surface area (Å²) in [5.41, 5.74) is 0.704. The molecule has 5 heteroatoms. The molecule has 1 fully saturated rings. The van der Waals surface area contributed by atoms with Crippen LogP contribution < -0.4 is 9.47 Å². The van der Waals surface area contributed by atoms with Crippen molar-refractivity contribution in [3.63, 3.8) is 0 Å². The fourth-order valence-electron chi connectivity index (χ4n) is 2.48. The van der Waals surface area contributed by atoms with Crippen LogP contribution in [0.2, 0.25) is 0 Å². The van der Waals surface area contributed by atoms with Crippen molar-refractivity contribution in [3.05, 3.63) is 23.8 Å². The van der Waals surface area contributed by atoms with E-state index in [4.69, 9.17) is 14.2 Å². The fourth-order valence-corrected chi connectivity index (χ4v) is 2.48. The van der Waals surface area contributed by atoms with E-state index in [1.54, 1.807) is 26.4 Å². The van der Waals surface area contributed by atoms with Crippen LogP contribution >= 0.6 is 0 Å². The van der Waals surface area contributed by atoms with Crippen molar-refractivity contribution < 1.29 is 19.3 Å². The van der Waals surface area contributed by atoms with Crippen LogP contribution in [0.25, 0.3) is 0 Å². The van der Waals surface area contributed by atoms with Gasteiger partial charge in [0.05, 0.1) is 20.8 Å². The Labute approximate surface area is 120 Å². The molecule has 0 aliphatic carbocycles. The Kier molecular flexibility index (Phi) is 5.23. The molecule has 112 valence electrons. The Morgan fingerprint density at radius 3 is 2.85 bits per heavy atom. The monoisotopic (exact) mass is 281 g/mol. The van der Waals surface area contributed by atoms with Crippen molar-refractivity contribution in [1.82, 2.24) is 4.90 Å². The number of nitrogens with zero attached hydrogens (tertiary/aromatic N) is 1. The Balaban J connectivity index is 2.20. The fraction of sp³-hybridized carbons (Fsp3) is 0.600. The number of aliphatic hydroxyl groups is 1. The predicted octanol–water partition coefficient (Wildman–Crippen LogP) is 1.46. The van der Waals surface area contributed by atoms with Crippen molar-refractivity contribution in [3.8, 4) is 11.5 Å². The number of hydrogen-bond donors (Lipinski definition) is 1. The highest BCUT2D eigenvalue weighted by Crippen LogP contribution is 2.32.